The molecule has 1 amide bonds. The van der Waals surface area contributed by atoms with E-state index in [1.54, 1.807) is 24.1 Å². The number of hydrogen-bond acceptors (Lipinski definition) is 1. The van der Waals surface area contributed by atoms with Gasteiger partial charge in [-0.15, -0.1) is 0 Å². The van der Waals surface area contributed by atoms with Crippen LogP contribution in [0.3, 0.4) is 0 Å². The van der Waals surface area contributed by atoms with E-state index >= 15 is 0 Å². The summed E-state index contributed by atoms with van der Waals surface area (Å²) >= 11 is 0. The van der Waals surface area contributed by atoms with Crippen molar-refractivity contribution < 1.29 is 9.18 Å². The summed E-state index contributed by atoms with van der Waals surface area (Å²) in [5.74, 6) is -0.284. The molecule has 0 aliphatic rings. The molecule has 0 bridgehead atoms. The number of halogens is 1. The average molecular weight is 271 g/mol. The highest BCUT2D eigenvalue weighted by Crippen LogP contribution is 2.16. The molecule has 20 heavy (non-hydrogen) atoms. The molecule has 0 atom stereocenters. The molecule has 2 aromatic rings. The van der Waals surface area contributed by atoms with Crippen LogP contribution in [0.15, 0.2) is 42.5 Å². The molecule has 0 heterocycles. The molecule has 2 rings (SSSR count). The smallest absolute Gasteiger partial charge is 0.254 e. The lowest BCUT2D eigenvalue weighted by atomic mass is 10.0. The van der Waals surface area contributed by atoms with Crippen molar-refractivity contribution in [2.45, 2.75) is 20.4 Å². The summed E-state index contributed by atoms with van der Waals surface area (Å²) in [7, 11) is 1.76. The fraction of sp³-hybridized carbons (Fsp3) is 0.235. The van der Waals surface area contributed by atoms with Gasteiger partial charge in [0.05, 0.1) is 0 Å². The van der Waals surface area contributed by atoms with Gasteiger partial charge in [0.25, 0.3) is 5.91 Å². The molecule has 0 spiro atoms. The van der Waals surface area contributed by atoms with E-state index in [1.807, 2.05) is 32.0 Å². The van der Waals surface area contributed by atoms with Crippen LogP contribution in [0.25, 0.3) is 0 Å². The molecule has 3 heteroatoms. The van der Waals surface area contributed by atoms with Gasteiger partial charge in [0.1, 0.15) is 5.82 Å². The van der Waals surface area contributed by atoms with Crippen molar-refractivity contribution in [3.05, 3.63) is 70.5 Å². The van der Waals surface area contributed by atoms with Gasteiger partial charge < -0.3 is 4.90 Å². The van der Waals surface area contributed by atoms with Crippen molar-refractivity contribution in [1.82, 2.24) is 4.90 Å². The summed E-state index contributed by atoms with van der Waals surface area (Å²) in [5.41, 5.74) is 3.73. The third-order valence-corrected chi connectivity index (χ3v) is 3.51. The lowest BCUT2D eigenvalue weighted by Crippen LogP contribution is -2.27. The number of carbonyl (C=O) groups is 1. The molecule has 0 unspecified atom stereocenters. The Bertz CT molecular complexity index is 619. The highest BCUT2D eigenvalue weighted by atomic mass is 19.1. The van der Waals surface area contributed by atoms with E-state index in [-0.39, 0.29) is 11.7 Å². The van der Waals surface area contributed by atoms with Gasteiger partial charge in [0.2, 0.25) is 0 Å². The molecule has 0 aliphatic heterocycles. The fourth-order valence-corrected chi connectivity index (χ4v) is 2.12. The number of rotatable bonds is 3. The van der Waals surface area contributed by atoms with E-state index in [1.165, 1.54) is 12.1 Å². The van der Waals surface area contributed by atoms with Crippen molar-refractivity contribution in [2.75, 3.05) is 7.05 Å². The van der Waals surface area contributed by atoms with Crippen LogP contribution in [0.1, 0.15) is 27.0 Å². The lowest BCUT2D eigenvalue weighted by molar-refractivity contribution is 0.0784. The van der Waals surface area contributed by atoms with Gasteiger partial charge >= 0.3 is 0 Å². The van der Waals surface area contributed by atoms with Crippen LogP contribution >= 0.6 is 0 Å². The van der Waals surface area contributed by atoms with Crippen LogP contribution in [-0.2, 0) is 6.54 Å². The summed E-state index contributed by atoms with van der Waals surface area (Å²) < 4.78 is 12.9. The molecule has 0 N–H and O–H groups in total. The Morgan fingerprint density at radius 2 is 1.75 bits per heavy atom. The van der Waals surface area contributed by atoms with Gasteiger partial charge in [-0.3, -0.25) is 4.79 Å². The zero-order valence-electron chi connectivity index (χ0n) is 12.0. The molecular formula is C17H18FNO. The molecule has 0 aliphatic carbocycles. The molecule has 104 valence electrons. The number of hydrogen-bond donors (Lipinski definition) is 0. The van der Waals surface area contributed by atoms with Crippen molar-refractivity contribution in [2.24, 2.45) is 0 Å². The Hall–Kier alpha value is -2.16. The molecule has 0 saturated carbocycles. The van der Waals surface area contributed by atoms with E-state index in [2.05, 4.69) is 0 Å². The van der Waals surface area contributed by atoms with Crippen molar-refractivity contribution in [3.8, 4) is 0 Å². The standard InChI is InChI=1S/C17H18FNO/c1-12-5-4-6-16(13(12)2)17(20)19(3)11-14-7-9-15(18)10-8-14/h4-10H,11H2,1-3H3. The maximum atomic E-state index is 12.9. The third-order valence-electron chi connectivity index (χ3n) is 3.51. The summed E-state index contributed by atoms with van der Waals surface area (Å²) in [6.07, 6.45) is 0. The summed E-state index contributed by atoms with van der Waals surface area (Å²) in [6.45, 7) is 4.41. The number of nitrogens with zero attached hydrogens (tertiary/aromatic N) is 1. The van der Waals surface area contributed by atoms with Crippen LogP contribution in [0, 0.1) is 19.7 Å². The monoisotopic (exact) mass is 271 g/mol. The minimum atomic E-state index is -0.266. The predicted octanol–water partition coefficient (Wildman–Crippen LogP) is 3.71. The summed E-state index contributed by atoms with van der Waals surface area (Å²) in [5, 5.41) is 0. The Kier molecular flexibility index (Phi) is 4.18. The minimum absolute atomic E-state index is 0.0180. The van der Waals surface area contributed by atoms with Crippen molar-refractivity contribution >= 4 is 5.91 Å². The van der Waals surface area contributed by atoms with E-state index in [0.29, 0.717) is 6.54 Å². The quantitative estimate of drug-likeness (QED) is 0.833. The van der Waals surface area contributed by atoms with Crippen LogP contribution in [0.4, 0.5) is 4.39 Å². The second kappa shape index (κ2) is 5.87. The summed E-state index contributed by atoms with van der Waals surface area (Å²) in [6, 6.07) is 11.9. The largest absolute Gasteiger partial charge is 0.337 e. The number of aryl methyl sites for hydroxylation is 1. The predicted molar refractivity (Wildman–Crippen MR) is 78.1 cm³/mol. The molecule has 0 saturated heterocycles. The van der Waals surface area contributed by atoms with Crippen LogP contribution < -0.4 is 0 Å². The van der Waals surface area contributed by atoms with Gasteiger partial charge in [-0.05, 0) is 48.7 Å². The second-order valence-electron chi connectivity index (χ2n) is 5.04. The maximum Gasteiger partial charge on any atom is 0.254 e. The van der Waals surface area contributed by atoms with Gasteiger partial charge in [0, 0.05) is 19.2 Å². The molecule has 2 nitrogen and oxygen atoms in total. The first kappa shape index (κ1) is 14.3. The molecule has 0 radical (unpaired) electrons. The van der Waals surface area contributed by atoms with E-state index < -0.39 is 0 Å². The normalized spacial score (nSPS) is 10.4. The van der Waals surface area contributed by atoms with Crippen LogP contribution in [-0.4, -0.2) is 17.9 Å². The highest BCUT2D eigenvalue weighted by molar-refractivity contribution is 5.95. The molecule has 0 fully saturated rings. The Morgan fingerprint density at radius 1 is 1.10 bits per heavy atom. The van der Waals surface area contributed by atoms with Gasteiger partial charge in [0.15, 0.2) is 0 Å². The summed E-state index contributed by atoms with van der Waals surface area (Å²) in [4.78, 5) is 14.1. The first-order valence-electron chi connectivity index (χ1n) is 6.55. The third kappa shape index (κ3) is 3.05. The van der Waals surface area contributed by atoms with Gasteiger partial charge in [-0.25, -0.2) is 4.39 Å². The molecule has 0 aromatic heterocycles. The number of carbonyl (C=O) groups excluding carboxylic acids is 1. The van der Waals surface area contributed by atoms with Gasteiger partial charge in [-0.2, -0.15) is 0 Å². The minimum Gasteiger partial charge on any atom is -0.337 e. The first-order valence-corrected chi connectivity index (χ1v) is 6.55. The Balaban J connectivity index is 2.16. The Labute approximate surface area is 118 Å². The zero-order chi connectivity index (χ0) is 14.7. The second-order valence-corrected chi connectivity index (χ2v) is 5.04. The Morgan fingerprint density at radius 3 is 2.40 bits per heavy atom. The van der Waals surface area contributed by atoms with Crippen LogP contribution in [0.2, 0.25) is 0 Å². The number of benzene rings is 2. The van der Waals surface area contributed by atoms with Gasteiger partial charge in [-0.1, -0.05) is 24.3 Å². The van der Waals surface area contributed by atoms with Crippen molar-refractivity contribution in [3.63, 3.8) is 0 Å². The van der Waals surface area contributed by atoms with Crippen LogP contribution in [0.5, 0.6) is 0 Å². The first-order chi connectivity index (χ1) is 9.49. The molecule has 2 aromatic carbocycles. The topological polar surface area (TPSA) is 20.3 Å². The van der Waals surface area contributed by atoms with E-state index in [4.69, 9.17) is 0 Å². The van der Waals surface area contributed by atoms with E-state index in [9.17, 15) is 9.18 Å². The molecular weight excluding hydrogens is 253 g/mol. The lowest BCUT2D eigenvalue weighted by Gasteiger charge is -2.19. The number of amides is 1. The maximum absolute atomic E-state index is 12.9. The highest BCUT2D eigenvalue weighted by Gasteiger charge is 2.15. The average Bonchev–Trinajstić information content (AvgIpc) is 2.43. The fourth-order valence-electron chi connectivity index (χ4n) is 2.12. The van der Waals surface area contributed by atoms with Crippen molar-refractivity contribution in [1.29, 1.82) is 0 Å². The zero-order valence-corrected chi connectivity index (χ0v) is 12.0. The van der Waals surface area contributed by atoms with E-state index in [0.717, 1.165) is 22.3 Å². The SMILES string of the molecule is Cc1cccc(C(=O)N(C)Cc2ccc(F)cc2)c1C.